The topological polar surface area (TPSA) is 37.3 Å². The van der Waals surface area contributed by atoms with Crippen molar-refractivity contribution in [3.8, 4) is 11.8 Å². The van der Waals surface area contributed by atoms with Gasteiger partial charge in [-0.15, -0.1) is 11.6 Å². The van der Waals surface area contributed by atoms with Crippen molar-refractivity contribution in [1.29, 1.82) is 0 Å². The van der Waals surface area contributed by atoms with Crippen LogP contribution in [-0.2, 0) is 0 Å². The smallest absolute Gasteiger partial charge is 0.337 e. The molecule has 0 saturated carbocycles. The van der Waals surface area contributed by atoms with Gasteiger partial charge in [0.25, 0.3) is 0 Å². The zero-order chi connectivity index (χ0) is 11.3. The predicted molar refractivity (Wildman–Crippen MR) is 63.3 cm³/mol. The van der Waals surface area contributed by atoms with Gasteiger partial charge in [-0.1, -0.05) is 27.8 Å². The summed E-state index contributed by atoms with van der Waals surface area (Å²) in [7, 11) is 0. The minimum absolute atomic E-state index is 0.200. The summed E-state index contributed by atoms with van der Waals surface area (Å²) in [6, 6.07) is 4.97. The SMILES string of the molecule is O=C(O)c1cc(Br)ccc1C#CCCCl. The number of benzene rings is 1. The van der Waals surface area contributed by atoms with E-state index in [2.05, 4.69) is 27.8 Å². The second-order valence-electron chi connectivity index (χ2n) is 2.74. The van der Waals surface area contributed by atoms with Crippen LogP contribution in [0.1, 0.15) is 22.3 Å². The van der Waals surface area contributed by atoms with Gasteiger partial charge in [0.1, 0.15) is 0 Å². The molecule has 2 nitrogen and oxygen atoms in total. The number of rotatable bonds is 2. The van der Waals surface area contributed by atoms with E-state index in [4.69, 9.17) is 16.7 Å². The van der Waals surface area contributed by atoms with Gasteiger partial charge in [0, 0.05) is 22.3 Å². The van der Waals surface area contributed by atoms with E-state index < -0.39 is 5.97 Å². The average Bonchev–Trinajstić information content (AvgIpc) is 2.20. The van der Waals surface area contributed by atoms with E-state index in [1.165, 1.54) is 6.07 Å². The molecule has 0 bridgehead atoms. The monoisotopic (exact) mass is 286 g/mol. The van der Waals surface area contributed by atoms with Gasteiger partial charge in [-0.25, -0.2) is 4.79 Å². The third kappa shape index (κ3) is 3.58. The Hall–Kier alpha value is -0.980. The Bertz CT molecular complexity index is 432. The summed E-state index contributed by atoms with van der Waals surface area (Å²) in [5, 5.41) is 8.93. The zero-order valence-corrected chi connectivity index (χ0v) is 10.1. The molecule has 0 saturated heterocycles. The maximum Gasteiger partial charge on any atom is 0.337 e. The van der Waals surface area contributed by atoms with Crippen LogP contribution < -0.4 is 0 Å². The molecule has 0 fully saturated rings. The molecule has 1 aromatic carbocycles. The summed E-state index contributed by atoms with van der Waals surface area (Å²) in [6.45, 7) is 0. The molecule has 0 radical (unpaired) electrons. The van der Waals surface area contributed by atoms with E-state index >= 15 is 0 Å². The number of alkyl halides is 1. The van der Waals surface area contributed by atoms with Crippen LogP contribution in [0, 0.1) is 11.8 Å². The second kappa shape index (κ2) is 5.79. The first kappa shape index (κ1) is 12.1. The lowest BCUT2D eigenvalue weighted by Gasteiger charge is -1.99. The summed E-state index contributed by atoms with van der Waals surface area (Å²) in [4.78, 5) is 10.9. The van der Waals surface area contributed by atoms with Crippen molar-refractivity contribution in [2.45, 2.75) is 6.42 Å². The number of carboxylic acids is 1. The molecule has 0 unspecified atom stereocenters. The van der Waals surface area contributed by atoms with Crippen molar-refractivity contribution >= 4 is 33.5 Å². The molecule has 0 aliphatic heterocycles. The third-order valence-corrected chi connectivity index (χ3v) is 2.34. The number of hydrogen-bond acceptors (Lipinski definition) is 1. The molecule has 0 aromatic heterocycles. The Balaban J connectivity index is 3.08. The first-order chi connectivity index (χ1) is 7.15. The van der Waals surface area contributed by atoms with Crippen molar-refractivity contribution in [3.63, 3.8) is 0 Å². The Labute approximate surface area is 101 Å². The van der Waals surface area contributed by atoms with E-state index in [1.807, 2.05) is 0 Å². The maximum atomic E-state index is 10.9. The van der Waals surface area contributed by atoms with E-state index in [0.29, 0.717) is 17.9 Å². The van der Waals surface area contributed by atoms with E-state index in [0.717, 1.165) is 4.47 Å². The molecule has 1 N–H and O–H groups in total. The van der Waals surface area contributed by atoms with Crippen molar-refractivity contribution < 1.29 is 9.90 Å². The quantitative estimate of drug-likeness (QED) is 0.670. The molecule has 4 heteroatoms. The van der Waals surface area contributed by atoms with Crippen LogP contribution in [0.25, 0.3) is 0 Å². The molecule has 0 aliphatic carbocycles. The van der Waals surface area contributed by atoms with Crippen LogP contribution in [0.3, 0.4) is 0 Å². The van der Waals surface area contributed by atoms with Crippen LogP contribution in [-0.4, -0.2) is 17.0 Å². The molecule has 78 valence electrons. The fourth-order valence-electron chi connectivity index (χ4n) is 1.01. The highest BCUT2D eigenvalue weighted by atomic mass is 79.9. The highest BCUT2D eigenvalue weighted by Crippen LogP contribution is 2.16. The standard InChI is InChI=1S/C11H8BrClO2/c12-9-5-4-8(3-1-2-6-13)10(7-9)11(14)15/h4-5,7H,2,6H2,(H,14,15). The van der Waals surface area contributed by atoms with Gasteiger partial charge in [-0.2, -0.15) is 0 Å². The summed E-state index contributed by atoms with van der Waals surface area (Å²) in [5.41, 5.74) is 0.710. The number of carboxylic acid groups (broad SMARTS) is 1. The minimum Gasteiger partial charge on any atom is -0.478 e. The lowest BCUT2D eigenvalue weighted by atomic mass is 10.1. The lowest BCUT2D eigenvalue weighted by Crippen LogP contribution is -1.99. The molecule has 15 heavy (non-hydrogen) atoms. The molecule has 1 rings (SSSR count). The van der Waals surface area contributed by atoms with Gasteiger partial charge in [-0.05, 0) is 18.2 Å². The molecule has 0 amide bonds. The normalized spacial score (nSPS) is 9.20. The van der Waals surface area contributed by atoms with E-state index in [-0.39, 0.29) is 5.56 Å². The van der Waals surface area contributed by atoms with Crippen molar-refractivity contribution in [1.82, 2.24) is 0 Å². The Morgan fingerprint density at radius 2 is 2.27 bits per heavy atom. The van der Waals surface area contributed by atoms with Crippen LogP contribution in [0.5, 0.6) is 0 Å². The molecule has 0 atom stereocenters. The van der Waals surface area contributed by atoms with Gasteiger partial charge in [-0.3, -0.25) is 0 Å². The highest BCUT2D eigenvalue weighted by Gasteiger charge is 2.08. The van der Waals surface area contributed by atoms with Gasteiger partial charge < -0.3 is 5.11 Å². The molecule has 0 aliphatic rings. The lowest BCUT2D eigenvalue weighted by molar-refractivity contribution is 0.0696. The number of aromatic carboxylic acids is 1. The Morgan fingerprint density at radius 1 is 1.53 bits per heavy atom. The Morgan fingerprint density at radius 3 is 2.87 bits per heavy atom. The first-order valence-corrected chi connectivity index (χ1v) is 5.55. The molecule has 1 aromatic rings. The number of halogens is 2. The Kier molecular flexibility index (Phi) is 4.67. The number of hydrogen-bond donors (Lipinski definition) is 1. The maximum absolute atomic E-state index is 10.9. The highest BCUT2D eigenvalue weighted by molar-refractivity contribution is 9.10. The summed E-state index contributed by atoms with van der Waals surface area (Å²) in [5.74, 6) is 5.06. The van der Waals surface area contributed by atoms with Gasteiger partial charge in [0.05, 0.1) is 5.56 Å². The van der Waals surface area contributed by atoms with E-state index in [1.54, 1.807) is 12.1 Å². The molecular formula is C11H8BrClO2. The van der Waals surface area contributed by atoms with Gasteiger partial charge in [0.2, 0.25) is 0 Å². The summed E-state index contributed by atoms with van der Waals surface area (Å²) in [6.07, 6.45) is 0.552. The van der Waals surface area contributed by atoms with Gasteiger partial charge >= 0.3 is 5.97 Å². The fraction of sp³-hybridized carbons (Fsp3) is 0.182. The first-order valence-electron chi connectivity index (χ1n) is 4.23. The summed E-state index contributed by atoms with van der Waals surface area (Å²) >= 11 is 8.68. The second-order valence-corrected chi connectivity index (χ2v) is 4.03. The minimum atomic E-state index is -0.980. The molecule has 0 heterocycles. The van der Waals surface area contributed by atoms with Crippen LogP contribution in [0.2, 0.25) is 0 Å². The molecule has 0 spiro atoms. The average molecular weight is 288 g/mol. The van der Waals surface area contributed by atoms with Crippen molar-refractivity contribution in [3.05, 3.63) is 33.8 Å². The summed E-state index contributed by atoms with van der Waals surface area (Å²) < 4.78 is 0.725. The fourth-order valence-corrected chi connectivity index (χ4v) is 1.46. The largest absolute Gasteiger partial charge is 0.478 e. The van der Waals surface area contributed by atoms with Crippen LogP contribution >= 0.6 is 27.5 Å². The predicted octanol–water partition coefficient (Wildman–Crippen LogP) is 3.13. The zero-order valence-electron chi connectivity index (χ0n) is 7.76. The third-order valence-electron chi connectivity index (χ3n) is 1.65. The van der Waals surface area contributed by atoms with Gasteiger partial charge in [0.15, 0.2) is 0 Å². The number of carbonyl (C=O) groups is 1. The van der Waals surface area contributed by atoms with Crippen molar-refractivity contribution in [2.75, 3.05) is 5.88 Å². The van der Waals surface area contributed by atoms with E-state index in [9.17, 15) is 4.79 Å². The van der Waals surface area contributed by atoms with Crippen LogP contribution in [0.15, 0.2) is 22.7 Å². The molecular weight excluding hydrogens is 279 g/mol. The van der Waals surface area contributed by atoms with Crippen LogP contribution in [0.4, 0.5) is 0 Å². The van der Waals surface area contributed by atoms with Crippen molar-refractivity contribution in [2.24, 2.45) is 0 Å².